The van der Waals surface area contributed by atoms with Crippen LogP contribution in [0.2, 0.25) is 15.1 Å². The molecule has 198 valence electrons. The molecule has 3 aromatic rings. The fraction of sp³-hybridized carbons (Fsp3) is 0.214. The number of hydrogen-bond donors (Lipinski definition) is 0. The Kier molecular flexibility index (Phi) is 9.50. The molecular formula is C28H25Cl3N2O3S2. The Morgan fingerprint density at radius 2 is 1.74 bits per heavy atom. The van der Waals surface area contributed by atoms with Crippen molar-refractivity contribution in [3.63, 3.8) is 0 Å². The second-order valence-corrected chi connectivity index (χ2v) is 11.2. The molecule has 0 spiro atoms. The van der Waals surface area contributed by atoms with Crippen LogP contribution in [0.5, 0.6) is 11.5 Å². The summed E-state index contributed by atoms with van der Waals surface area (Å²) in [5, 5.41) is 1.48. The first-order chi connectivity index (χ1) is 18.2. The minimum atomic E-state index is -0.235. The van der Waals surface area contributed by atoms with Gasteiger partial charge < -0.3 is 14.4 Å². The molecule has 1 heterocycles. The second kappa shape index (κ2) is 12.6. The summed E-state index contributed by atoms with van der Waals surface area (Å²) in [6.45, 7) is 6.14. The zero-order chi connectivity index (χ0) is 27.4. The third-order valence-corrected chi connectivity index (χ3v) is 8.18. The van der Waals surface area contributed by atoms with Gasteiger partial charge in [-0.15, -0.1) is 0 Å². The number of thioether (sulfide) groups is 1. The summed E-state index contributed by atoms with van der Waals surface area (Å²) in [6, 6.07) is 16.4. The van der Waals surface area contributed by atoms with Crippen LogP contribution in [-0.2, 0) is 11.4 Å². The first kappa shape index (κ1) is 28.6. The summed E-state index contributed by atoms with van der Waals surface area (Å²) in [5.74, 6) is 0.909. The van der Waals surface area contributed by atoms with E-state index >= 15 is 0 Å². The van der Waals surface area contributed by atoms with Gasteiger partial charge in [0, 0.05) is 46.0 Å². The van der Waals surface area contributed by atoms with Crippen molar-refractivity contribution in [1.29, 1.82) is 0 Å². The number of benzene rings is 3. The number of halogens is 3. The maximum atomic E-state index is 13.4. The normalized spacial score (nSPS) is 14.4. The molecule has 0 N–H and O–H groups in total. The highest BCUT2D eigenvalue weighted by Gasteiger charge is 2.34. The van der Waals surface area contributed by atoms with E-state index in [1.807, 2.05) is 24.3 Å². The Bertz CT molecular complexity index is 1410. The van der Waals surface area contributed by atoms with Crippen LogP contribution in [0.15, 0.2) is 59.5 Å². The van der Waals surface area contributed by atoms with Crippen LogP contribution >= 0.6 is 58.8 Å². The van der Waals surface area contributed by atoms with Gasteiger partial charge in [-0.2, -0.15) is 0 Å². The van der Waals surface area contributed by atoms with Crippen molar-refractivity contribution >= 4 is 86.5 Å². The monoisotopic (exact) mass is 606 g/mol. The molecular weight excluding hydrogens is 583 g/mol. The Morgan fingerprint density at radius 1 is 0.974 bits per heavy atom. The van der Waals surface area contributed by atoms with Crippen LogP contribution in [0.1, 0.15) is 25.0 Å². The quantitative estimate of drug-likeness (QED) is 0.180. The molecule has 0 atom stereocenters. The molecule has 38 heavy (non-hydrogen) atoms. The highest BCUT2D eigenvalue weighted by molar-refractivity contribution is 8.27. The number of amides is 1. The number of methoxy groups -OCH3 is 1. The van der Waals surface area contributed by atoms with Gasteiger partial charge in [-0.1, -0.05) is 64.8 Å². The Balaban J connectivity index is 1.67. The lowest BCUT2D eigenvalue weighted by Gasteiger charge is -2.22. The highest BCUT2D eigenvalue weighted by Crippen LogP contribution is 2.40. The van der Waals surface area contributed by atoms with E-state index < -0.39 is 0 Å². The number of hydrogen-bond acceptors (Lipinski definition) is 6. The lowest BCUT2D eigenvalue weighted by Crippen LogP contribution is -2.27. The smallest absolute Gasteiger partial charge is 0.270 e. The standard InChI is InChI=1S/C28H25Cl3N2O3S2/c1-4-32(5-2)20-9-7-17(25(15-20)36-16-18-6-8-19(29)13-22(18)30)12-26-27(34)33(28(37)38-26)21-10-11-24(35-3)23(31)14-21/h6-15H,4-5,16H2,1-3H3/b26-12+. The topological polar surface area (TPSA) is 42.0 Å². The lowest BCUT2D eigenvalue weighted by atomic mass is 10.1. The molecule has 10 heteroatoms. The van der Waals surface area contributed by atoms with Gasteiger partial charge >= 0.3 is 0 Å². The lowest BCUT2D eigenvalue weighted by molar-refractivity contribution is -0.113. The van der Waals surface area contributed by atoms with E-state index in [1.54, 1.807) is 36.4 Å². The average molecular weight is 608 g/mol. The molecule has 1 fully saturated rings. The van der Waals surface area contributed by atoms with E-state index in [9.17, 15) is 4.79 Å². The third kappa shape index (κ3) is 6.24. The van der Waals surface area contributed by atoms with Crippen molar-refractivity contribution in [2.45, 2.75) is 20.5 Å². The Labute approximate surface area is 247 Å². The number of carbonyl (C=O) groups is 1. The van der Waals surface area contributed by atoms with Crippen LogP contribution in [-0.4, -0.2) is 30.4 Å². The van der Waals surface area contributed by atoms with Crippen LogP contribution in [0.25, 0.3) is 6.08 Å². The molecule has 1 amide bonds. The van der Waals surface area contributed by atoms with E-state index in [1.165, 1.54) is 23.8 Å². The molecule has 0 bridgehead atoms. The van der Waals surface area contributed by atoms with Crippen LogP contribution in [0.3, 0.4) is 0 Å². The van der Waals surface area contributed by atoms with Gasteiger partial charge in [0.2, 0.25) is 0 Å². The predicted octanol–water partition coefficient (Wildman–Crippen LogP) is 8.49. The predicted molar refractivity (Wildman–Crippen MR) is 164 cm³/mol. The summed E-state index contributed by atoms with van der Waals surface area (Å²) in [4.78, 5) is 17.6. The number of ether oxygens (including phenoxy) is 2. The molecule has 0 saturated carbocycles. The van der Waals surface area contributed by atoms with Gasteiger partial charge in [0.15, 0.2) is 4.32 Å². The van der Waals surface area contributed by atoms with Crippen molar-refractivity contribution in [2.75, 3.05) is 30.0 Å². The van der Waals surface area contributed by atoms with Gasteiger partial charge in [-0.05, 0) is 62.4 Å². The number of thiocarbonyl (C=S) groups is 1. The number of rotatable bonds is 9. The summed E-state index contributed by atoms with van der Waals surface area (Å²) < 4.78 is 11.9. The third-order valence-electron chi connectivity index (χ3n) is 6.00. The minimum Gasteiger partial charge on any atom is -0.495 e. The SMILES string of the molecule is CCN(CC)c1ccc(/C=C2/SC(=S)N(c3ccc(OC)c(Cl)c3)C2=O)c(OCc2ccc(Cl)cc2Cl)c1. The molecule has 3 aromatic carbocycles. The molecule has 0 aromatic heterocycles. The van der Waals surface area contributed by atoms with Gasteiger partial charge in [0.05, 0.1) is 22.7 Å². The van der Waals surface area contributed by atoms with E-state index in [4.69, 9.17) is 56.5 Å². The number of carbonyl (C=O) groups excluding carboxylic acids is 1. The van der Waals surface area contributed by atoms with Gasteiger partial charge in [0.25, 0.3) is 5.91 Å². The van der Waals surface area contributed by atoms with Crippen molar-refractivity contribution in [3.05, 3.63) is 85.7 Å². The minimum absolute atomic E-state index is 0.235. The first-order valence-electron chi connectivity index (χ1n) is 11.8. The zero-order valence-electron chi connectivity index (χ0n) is 21.0. The molecule has 0 aliphatic carbocycles. The Morgan fingerprint density at radius 3 is 2.39 bits per heavy atom. The van der Waals surface area contributed by atoms with Crippen LogP contribution < -0.4 is 19.3 Å². The molecule has 5 nitrogen and oxygen atoms in total. The molecule has 1 saturated heterocycles. The fourth-order valence-corrected chi connectivity index (χ4v) is 5.98. The molecule has 4 rings (SSSR count). The second-order valence-electron chi connectivity index (χ2n) is 8.25. The van der Waals surface area contributed by atoms with Crippen molar-refractivity contribution in [1.82, 2.24) is 0 Å². The number of nitrogens with zero attached hydrogens (tertiary/aromatic N) is 2. The largest absolute Gasteiger partial charge is 0.495 e. The first-order valence-corrected chi connectivity index (χ1v) is 14.2. The zero-order valence-corrected chi connectivity index (χ0v) is 24.9. The van der Waals surface area contributed by atoms with Crippen LogP contribution in [0.4, 0.5) is 11.4 Å². The maximum absolute atomic E-state index is 13.4. The van der Waals surface area contributed by atoms with Gasteiger partial charge in [-0.3, -0.25) is 9.69 Å². The summed E-state index contributed by atoms with van der Waals surface area (Å²) in [5.41, 5.74) is 3.15. The van der Waals surface area contributed by atoms with Gasteiger partial charge in [0.1, 0.15) is 18.1 Å². The van der Waals surface area contributed by atoms with Crippen molar-refractivity contribution in [2.24, 2.45) is 0 Å². The summed E-state index contributed by atoms with van der Waals surface area (Å²) in [7, 11) is 1.54. The van der Waals surface area contributed by atoms with Crippen molar-refractivity contribution < 1.29 is 14.3 Å². The van der Waals surface area contributed by atoms with E-state index in [0.717, 1.165) is 29.9 Å². The van der Waals surface area contributed by atoms with E-state index in [0.29, 0.717) is 41.5 Å². The summed E-state index contributed by atoms with van der Waals surface area (Å²) >= 11 is 25.5. The molecule has 1 aliphatic heterocycles. The van der Waals surface area contributed by atoms with E-state index in [2.05, 4.69) is 18.7 Å². The van der Waals surface area contributed by atoms with Gasteiger partial charge in [-0.25, -0.2) is 0 Å². The highest BCUT2D eigenvalue weighted by atomic mass is 35.5. The molecule has 0 unspecified atom stereocenters. The molecule has 0 radical (unpaired) electrons. The maximum Gasteiger partial charge on any atom is 0.270 e. The average Bonchev–Trinajstić information content (AvgIpc) is 3.17. The molecule has 1 aliphatic rings. The summed E-state index contributed by atoms with van der Waals surface area (Å²) in [6.07, 6.45) is 1.80. The van der Waals surface area contributed by atoms with Crippen LogP contribution in [0, 0.1) is 0 Å². The fourth-order valence-electron chi connectivity index (χ4n) is 3.97. The Hall–Kier alpha value is -2.42. The van der Waals surface area contributed by atoms with Crippen molar-refractivity contribution in [3.8, 4) is 11.5 Å². The number of anilines is 2. The van der Waals surface area contributed by atoms with E-state index in [-0.39, 0.29) is 12.5 Å².